The number of rotatable bonds is 8. The van der Waals surface area contributed by atoms with Gasteiger partial charge in [0.15, 0.2) is 13.2 Å². The molecule has 2 rings (SSSR count). The van der Waals surface area contributed by atoms with E-state index in [-0.39, 0.29) is 12.4 Å². The molecule has 1 amide bonds. The second kappa shape index (κ2) is 9.65. The molecule has 0 aliphatic carbocycles. The second-order valence-corrected chi connectivity index (χ2v) is 5.72. The molecule has 0 spiro atoms. The number of nitrogens with one attached hydrogen (secondary N) is 1. The zero-order valence-electron chi connectivity index (χ0n) is 13.3. The maximum absolute atomic E-state index is 11.8. The van der Waals surface area contributed by atoms with Crippen molar-refractivity contribution in [1.82, 2.24) is 5.43 Å². The van der Waals surface area contributed by atoms with Crippen molar-refractivity contribution >= 4 is 41.3 Å². The molecule has 26 heavy (non-hydrogen) atoms. The van der Waals surface area contributed by atoms with Crippen LogP contribution >= 0.6 is 23.2 Å². The minimum absolute atomic E-state index is 0.283. The minimum atomic E-state index is -1.10. The number of amides is 1. The van der Waals surface area contributed by atoms with Crippen LogP contribution in [-0.4, -0.2) is 36.4 Å². The molecule has 7 nitrogen and oxygen atoms in total. The first-order valence-corrected chi connectivity index (χ1v) is 8.04. The van der Waals surface area contributed by atoms with Crippen LogP contribution in [0.1, 0.15) is 5.56 Å². The maximum atomic E-state index is 11.8. The van der Waals surface area contributed by atoms with Crippen molar-refractivity contribution < 1.29 is 24.2 Å². The van der Waals surface area contributed by atoms with Gasteiger partial charge in [-0.25, -0.2) is 10.2 Å². The molecule has 136 valence electrons. The molecule has 0 bridgehead atoms. The molecular weight excluding hydrogens is 383 g/mol. The van der Waals surface area contributed by atoms with Gasteiger partial charge in [0.25, 0.3) is 5.91 Å². The highest BCUT2D eigenvalue weighted by molar-refractivity contribution is 6.34. The smallest absolute Gasteiger partial charge is 0.341 e. The number of carboxylic acid groups (broad SMARTS) is 1. The largest absolute Gasteiger partial charge is 0.482 e. The number of hydrogen-bond donors (Lipinski definition) is 2. The number of ether oxygens (including phenoxy) is 2. The summed E-state index contributed by atoms with van der Waals surface area (Å²) >= 11 is 11.8. The number of carbonyl (C=O) groups excluding carboxylic acids is 1. The third kappa shape index (κ3) is 6.27. The zero-order valence-corrected chi connectivity index (χ0v) is 14.8. The van der Waals surface area contributed by atoms with Crippen LogP contribution in [0.3, 0.4) is 0 Å². The lowest BCUT2D eigenvalue weighted by molar-refractivity contribution is -0.139. The van der Waals surface area contributed by atoms with Gasteiger partial charge < -0.3 is 14.6 Å². The molecule has 0 fully saturated rings. The fourth-order valence-corrected chi connectivity index (χ4v) is 2.13. The van der Waals surface area contributed by atoms with Gasteiger partial charge in [0, 0.05) is 16.7 Å². The number of hydrazone groups is 1. The number of para-hydroxylation sites is 1. The lowest BCUT2D eigenvalue weighted by Crippen LogP contribution is -2.24. The fourth-order valence-electron chi connectivity index (χ4n) is 1.80. The Balaban J connectivity index is 1.89. The van der Waals surface area contributed by atoms with Crippen LogP contribution < -0.4 is 14.9 Å². The van der Waals surface area contributed by atoms with Crippen LogP contribution in [0.25, 0.3) is 0 Å². The monoisotopic (exact) mass is 396 g/mol. The Hall–Kier alpha value is -2.77. The normalized spacial score (nSPS) is 10.5. The first kappa shape index (κ1) is 19.6. The molecule has 0 radical (unpaired) electrons. The number of halogens is 2. The Morgan fingerprint density at radius 2 is 1.81 bits per heavy atom. The average Bonchev–Trinajstić information content (AvgIpc) is 2.61. The van der Waals surface area contributed by atoms with E-state index in [1.807, 2.05) is 0 Å². The van der Waals surface area contributed by atoms with Crippen molar-refractivity contribution in [2.45, 2.75) is 0 Å². The summed E-state index contributed by atoms with van der Waals surface area (Å²) in [6.07, 6.45) is 1.33. The van der Waals surface area contributed by atoms with Crippen LogP contribution in [0.2, 0.25) is 10.0 Å². The fraction of sp³-hybridized carbons (Fsp3) is 0.118. The van der Waals surface area contributed by atoms with Crippen molar-refractivity contribution in [3.63, 3.8) is 0 Å². The van der Waals surface area contributed by atoms with E-state index in [4.69, 9.17) is 37.8 Å². The maximum Gasteiger partial charge on any atom is 0.341 e. The summed E-state index contributed by atoms with van der Waals surface area (Å²) in [5, 5.41) is 13.2. The number of carbonyl (C=O) groups is 2. The van der Waals surface area contributed by atoms with Crippen molar-refractivity contribution in [3.05, 3.63) is 58.1 Å². The Morgan fingerprint density at radius 3 is 2.58 bits per heavy atom. The number of aliphatic carboxylic acids is 1. The van der Waals surface area contributed by atoms with Gasteiger partial charge in [-0.3, -0.25) is 4.79 Å². The summed E-state index contributed by atoms with van der Waals surface area (Å²) in [6.45, 7) is -0.792. The van der Waals surface area contributed by atoms with Gasteiger partial charge in [-0.05, 0) is 24.3 Å². The second-order valence-electron chi connectivity index (χ2n) is 4.88. The van der Waals surface area contributed by atoms with E-state index in [0.717, 1.165) is 0 Å². The predicted octanol–water partition coefficient (Wildman–Crippen LogP) is 2.99. The first-order valence-electron chi connectivity index (χ1n) is 7.29. The Labute approximate surface area is 159 Å². The van der Waals surface area contributed by atoms with E-state index >= 15 is 0 Å². The molecular formula is C17H14Cl2N2O5. The topological polar surface area (TPSA) is 97.2 Å². The van der Waals surface area contributed by atoms with E-state index < -0.39 is 18.5 Å². The van der Waals surface area contributed by atoms with Crippen LogP contribution in [0.4, 0.5) is 0 Å². The van der Waals surface area contributed by atoms with E-state index in [2.05, 4.69) is 10.5 Å². The number of hydrogen-bond acceptors (Lipinski definition) is 5. The summed E-state index contributed by atoms with van der Waals surface area (Å²) in [5.74, 6) is -0.997. The van der Waals surface area contributed by atoms with Crippen molar-refractivity contribution in [2.75, 3.05) is 13.2 Å². The minimum Gasteiger partial charge on any atom is -0.482 e. The lowest BCUT2D eigenvalue weighted by atomic mass is 10.2. The summed E-state index contributed by atoms with van der Waals surface area (Å²) in [7, 11) is 0. The molecule has 2 N–H and O–H groups in total. The van der Waals surface area contributed by atoms with Crippen LogP contribution in [0, 0.1) is 0 Å². The van der Waals surface area contributed by atoms with E-state index in [9.17, 15) is 9.59 Å². The quantitative estimate of drug-likeness (QED) is 0.527. The Morgan fingerprint density at radius 1 is 1.08 bits per heavy atom. The molecule has 0 aromatic heterocycles. The predicted molar refractivity (Wildman–Crippen MR) is 97.3 cm³/mol. The van der Waals surface area contributed by atoms with Crippen molar-refractivity contribution in [3.8, 4) is 11.5 Å². The van der Waals surface area contributed by atoms with Gasteiger partial charge in [-0.1, -0.05) is 35.3 Å². The standard InChI is InChI=1S/C17H14Cl2N2O5/c18-12-5-6-13(19)15(7-12)25-9-16(22)21-20-8-11-3-1-2-4-14(11)26-10-17(23)24/h1-8H,9-10H2,(H,21,22)(H,23,24)/b20-8+. The molecule has 0 aliphatic rings. The highest BCUT2D eigenvalue weighted by atomic mass is 35.5. The van der Waals surface area contributed by atoms with E-state index in [1.54, 1.807) is 36.4 Å². The molecule has 2 aromatic carbocycles. The molecule has 0 aliphatic heterocycles. The Bertz CT molecular complexity index is 827. The van der Waals surface area contributed by atoms with Gasteiger partial charge >= 0.3 is 5.97 Å². The number of benzene rings is 2. The van der Waals surface area contributed by atoms with Crippen LogP contribution in [-0.2, 0) is 9.59 Å². The average molecular weight is 397 g/mol. The van der Waals surface area contributed by atoms with E-state index in [1.165, 1.54) is 12.3 Å². The number of nitrogens with zero attached hydrogens (tertiary/aromatic N) is 1. The van der Waals surface area contributed by atoms with Gasteiger partial charge in [0.05, 0.1) is 11.2 Å². The molecule has 0 saturated heterocycles. The summed E-state index contributed by atoms with van der Waals surface area (Å²) < 4.78 is 10.4. The van der Waals surface area contributed by atoms with Crippen LogP contribution in [0.5, 0.6) is 11.5 Å². The molecule has 0 atom stereocenters. The molecule has 9 heteroatoms. The van der Waals surface area contributed by atoms with Crippen molar-refractivity contribution in [2.24, 2.45) is 5.10 Å². The van der Waals surface area contributed by atoms with Gasteiger partial charge in [-0.2, -0.15) is 5.10 Å². The van der Waals surface area contributed by atoms with Gasteiger partial charge in [0.2, 0.25) is 0 Å². The third-order valence-corrected chi connectivity index (χ3v) is 3.46. The van der Waals surface area contributed by atoms with Gasteiger partial charge in [-0.15, -0.1) is 0 Å². The highest BCUT2D eigenvalue weighted by Crippen LogP contribution is 2.27. The molecule has 2 aromatic rings. The zero-order chi connectivity index (χ0) is 18.9. The summed E-state index contributed by atoms with van der Waals surface area (Å²) in [6, 6.07) is 11.3. The summed E-state index contributed by atoms with van der Waals surface area (Å²) in [4.78, 5) is 22.3. The third-order valence-electron chi connectivity index (χ3n) is 2.92. The van der Waals surface area contributed by atoms with Crippen molar-refractivity contribution in [1.29, 1.82) is 0 Å². The lowest BCUT2D eigenvalue weighted by Gasteiger charge is -2.08. The van der Waals surface area contributed by atoms with E-state index in [0.29, 0.717) is 21.4 Å². The molecule has 0 heterocycles. The first-order chi connectivity index (χ1) is 12.5. The van der Waals surface area contributed by atoms with Gasteiger partial charge in [0.1, 0.15) is 11.5 Å². The SMILES string of the molecule is O=C(O)COc1ccccc1/C=N/NC(=O)COc1cc(Cl)ccc1Cl. The summed E-state index contributed by atoms with van der Waals surface area (Å²) in [5.41, 5.74) is 2.79. The highest BCUT2D eigenvalue weighted by Gasteiger charge is 2.07. The number of carboxylic acids is 1. The van der Waals surface area contributed by atoms with Crippen LogP contribution in [0.15, 0.2) is 47.6 Å². The Kier molecular flexibility index (Phi) is 7.25. The molecule has 0 unspecified atom stereocenters. The molecule has 0 saturated carbocycles.